The first-order valence-electron chi connectivity index (χ1n) is 4.27. The number of carbonyl (C=O) groups is 1. The van der Waals surface area contributed by atoms with E-state index >= 15 is 0 Å². The molecule has 0 aromatic heterocycles. The third-order valence-electron chi connectivity index (χ3n) is 2.82. The number of hydrogen-bond acceptors (Lipinski definition) is 2. The lowest BCUT2D eigenvalue weighted by molar-refractivity contribution is -0.118. The van der Waals surface area contributed by atoms with Crippen molar-refractivity contribution in [1.29, 1.82) is 0 Å². The molecule has 0 aromatic rings. The van der Waals surface area contributed by atoms with Crippen LogP contribution in [0.5, 0.6) is 0 Å². The van der Waals surface area contributed by atoms with Crippen molar-refractivity contribution in [2.75, 3.05) is 5.75 Å². The predicted octanol–water partition coefficient (Wildman–Crippen LogP) is 2.40. The van der Waals surface area contributed by atoms with E-state index in [9.17, 15) is 4.79 Å². The minimum atomic E-state index is -0.153. The number of thioether (sulfide) groups is 1. The zero-order chi connectivity index (χ0) is 8.60. The molecule has 1 heterocycles. The van der Waals surface area contributed by atoms with E-state index < -0.39 is 0 Å². The Morgan fingerprint density at radius 1 is 1.58 bits per heavy atom. The molecular weight excluding hydrogens is 168 g/mol. The van der Waals surface area contributed by atoms with E-state index in [1.807, 2.05) is 12.2 Å². The molecule has 1 aliphatic heterocycles. The van der Waals surface area contributed by atoms with Crippen LogP contribution in [0, 0.1) is 11.3 Å². The van der Waals surface area contributed by atoms with Crippen LogP contribution in [-0.4, -0.2) is 10.9 Å². The molecule has 1 unspecified atom stereocenters. The topological polar surface area (TPSA) is 17.1 Å². The van der Waals surface area contributed by atoms with Gasteiger partial charge in [0.25, 0.3) is 0 Å². The summed E-state index contributed by atoms with van der Waals surface area (Å²) in [4.78, 5) is 11.6. The average Bonchev–Trinajstić information content (AvgIpc) is 2.36. The second-order valence-corrected chi connectivity index (χ2v) is 4.52. The lowest BCUT2D eigenvalue weighted by atomic mass is 9.74. The summed E-state index contributed by atoms with van der Waals surface area (Å²) in [5.74, 6) is 1.48. The Balaban J connectivity index is 2.34. The highest BCUT2D eigenvalue weighted by Crippen LogP contribution is 2.47. The summed E-state index contributed by atoms with van der Waals surface area (Å²) in [6, 6.07) is 0. The molecule has 1 spiro atoms. The average molecular weight is 180 g/mol. The first kappa shape index (κ1) is 8.11. The van der Waals surface area contributed by atoms with Crippen LogP contribution in [-0.2, 0) is 4.79 Å². The van der Waals surface area contributed by atoms with E-state index in [2.05, 4.69) is 19.1 Å². The van der Waals surface area contributed by atoms with E-state index in [1.54, 1.807) is 0 Å². The second-order valence-electron chi connectivity index (χ2n) is 3.53. The second kappa shape index (κ2) is 2.77. The Kier molecular flexibility index (Phi) is 1.87. The van der Waals surface area contributed by atoms with Gasteiger partial charge in [-0.2, -0.15) is 0 Å². The van der Waals surface area contributed by atoms with Crippen LogP contribution in [0.2, 0.25) is 0 Å². The van der Waals surface area contributed by atoms with Gasteiger partial charge in [-0.25, -0.2) is 0 Å². The molecule has 0 bridgehead atoms. The van der Waals surface area contributed by atoms with Crippen LogP contribution < -0.4 is 0 Å². The molecule has 0 N–H and O–H groups in total. The van der Waals surface area contributed by atoms with Crippen molar-refractivity contribution in [3.8, 4) is 0 Å². The molecule has 2 heteroatoms. The van der Waals surface area contributed by atoms with Crippen molar-refractivity contribution >= 4 is 16.9 Å². The van der Waals surface area contributed by atoms with Crippen LogP contribution in [0.3, 0.4) is 0 Å². The summed E-state index contributed by atoms with van der Waals surface area (Å²) < 4.78 is 0. The molecule has 1 nitrogen and oxygen atoms in total. The normalized spacial score (nSPS) is 39.8. The van der Waals surface area contributed by atoms with Gasteiger partial charge in [0.15, 0.2) is 5.12 Å². The van der Waals surface area contributed by atoms with Gasteiger partial charge in [0, 0.05) is 5.75 Å². The molecule has 12 heavy (non-hydrogen) atoms. The van der Waals surface area contributed by atoms with Gasteiger partial charge < -0.3 is 0 Å². The van der Waals surface area contributed by atoms with Gasteiger partial charge in [0.2, 0.25) is 0 Å². The van der Waals surface area contributed by atoms with Crippen molar-refractivity contribution < 1.29 is 4.79 Å². The lowest BCUT2D eigenvalue weighted by Crippen LogP contribution is -2.29. The molecule has 2 rings (SSSR count). The zero-order valence-electron chi connectivity index (χ0n) is 7.12. The molecule has 0 radical (unpaired) electrons. The minimum Gasteiger partial charge on any atom is -0.286 e. The quantitative estimate of drug-likeness (QED) is 0.569. The molecular formula is C10H12OS. The van der Waals surface area contributed by atoms with Crippen LogP contribution in [0.1, 0.15) is 13.3 Å². The molecule has 2 atom stereocenters. The van der Waals surface area contributed by atoms with Crippen LogP contribution in [0.4, 0.5) is 0 Å². The lowest BCUT2D eigenvalue weighted by Gasteiger charge is -2.27. The summed E-state index contributed by atoms with van der Waals surface area (Å²) in [6.07, 6.45) is 9.11. The molecule has 0 aromatic carbocycles. The summed E-state index contributed by atoms with van der Waals surface area (Å²) in [7, 11) is 0. The van der Waals surface area contributed by atoms with E-state index in [0.29, 0.717) is 11.0 Å². The Bertz CT molecular complexity index is 267. The van der Waals surface area contributed by atoms with Gasteiger partial charge in [0.05, 0.1) is 5.41 Å². The van der Waals surface area contributed by atoms with E-state index in [4.69, 9.17) is 0 Å². The summed E-state index contributed by atoms with van der Waals surface area (Å²) in [5.41, 5.74) is -0.153. The maximum Gasteiger partial charge on any atom is 0.199 e. The summed E-state index contributed by atoms with van der Waals surface area (Å²) in [6.45, 7) is 2.17. The highest BCUT2D eigenvalue weighted by atomic mass is 32.2. The standard InChI is InChI=1S/C10H12OS/c1-8-7-12-9(11)10(8)5-3-2-4-6-10/h2-5,8H,6-7H2,1H3/t8?,10-/m0/s1. The van der Waals surface area contributed by atoms with Gasteiger partial charge in [-0.05, 0) is 12.3 Å². The maximum atomic E-state index is 11.6. The van der Waals surface area contributed by atoms with Gasteiger partial charge in [0.1, 0.15) is 0 Å². The number of hydrogen-bond donors (Lipinski definition) is 0. The van der Waals surface area contributed by atoms with Crippen molar-refractivity contribution in [2.24, 2.45) is 11.3 Å². The van der Waals surface area contributed by atoms with Crippen molar-refractivity contribution in [2.45, 2.75) is 13.3 Å². The van der Waals surface area contributed by atoms with Crippen molar-refractivity contribution in [3.63, 3.8) is 0 Å². The van der Waals surface area contributed by atoms with Gasteiger partial charge in [-0.3, -0.25) is 4.79 Å². The Morgan fingerprint density at radius 2 is 2.42 bits per heavy atom. The molecule has 0 saturated carbocycles. The Hall–Kier alpha value is -0.500. The molecule has 1 fully saturated rings. The van der Waals surface area contributed by atoms with Crippen LogP contribution >= 0.6 is 11.8 Å². The molecule has 0 amide bonds. The SMILES string of the molecule is CC1CSC(=O)[C@]12C=CC=CC2. The highest BCUT2D eigenvalue weighted by Gasteiger charge is 2.45. The Morgan fingerprint density at radius 3 is 2.92 bits per heavy atom. The highest BCUT2D eigenvalue weighted by molar-refractivity contribution is 8.14. The fourth-order valence-corrected chi connectivity index (χ4v) is 3.16. The molecule has 2 aliphatic rings. The van der Waals surface area contributed by atoms with Crippen molar-refractivity contribution in [3.05, 3.63) is 24.3 Å². The predicted molar refractivity (Wildman–Crippen MR) is 52.0 cm³/mol. The van der Waals surface area contributed by atoms with Gasteiger partial charge in [-0.15, -0.1) is 0 Å². The third kappa shape index (κ3) is 0.977. The number of allylic oxidation sites excluding steroid dienone is 4. The van der Waals surface area contributed by atoms with Gasteiger partial charge >= 0.3 is 0 Å². The zero-order valence-corrected chi connectivity index (χ0v) is 7.93. The number of rotatable bonds is 0. The largest absolute Gasteiger partial charge is 0.286 e. The van der Waals surface area contributed by atoms with Crippen LogP contribution in [0.25, 0.3) is 0 Å². The van der Waals surface area contributed by atoms with E-state index in [0.717, 1.165) is 12.2 Å². The van der Waals surface area contributed by atoms with E-state index in [1.165, 1.54) is 11.8 Å². The third-order valence-corrected chi connectivity index (χ3v) is 4.13. The Labute approximate surface area is 76.9 Å². The molecule has 1 saturated heterocycles. The first-order chi connectivity index (χ1) is 5.76. The van der Waals surface area contributed by atoms with Crippen LogP contribution in [0.15, 0.2) is 24.3 Å². The maximum absolute atomic E-state index is 11.6. The minimum absolute atomic E-state index is 0.153. The summed E-state index contributed by atoms with van der Waals surface area (Å²) in [5, 5.41) is 0.357. The van der Waals surface area contributed by atoms with Crippen molar-refractivity contribution in [1.82, 2.24) is 0 Å². The fourth-order valence-electron chi connectivity index (χ4n) is 1.84. The smallest absolute Gasteiger partial charge is 0.199 e. The molecule has 1 aliphatic carbocycles. The van der Waals surface area contributed by atoms with E-state index in [-0.39, 0.29) is 5.41 Å². The first-order valence-corrected chi connectivity index (χ1v) is 5.26. The van der Waals surface area contributed by atoms with Gasteiger partial charge in [-0.1, -0.05) is 43.0 Å². The molecule has 64 valence electrons. The fraction of sp³-hybridized carbons (Fsp3) is 0.500. The number of carbonyl (C=O) groups excluding carboxylic acids is 1. The summed E-state index contributed by atoms with van der Waals surface area (Å²) >= 11 is 1.49. The monoisotopic (exact) mass is 180 g/mol.